The summed E-state index contributed by atoms with van der Waals surface area (Å²) >= 11 is 0. The lowest BCUT2D eigenvalue weighted by atomic mass is 9.25. The quantitative estimate of drug-likeness (QED) is 0.161. The van der Waals surface area contributed by atoms with Crippen LogP contribution in [0, 0.1) is 96.6 Å². The van der Waals surface area contributed by atoms with Crippen molar-refractivity contribution >= 4 is 34.7 Å². The molecule has 428 valence electrons. The molecule has 23 atom stereocenters. The van der Waals surface area contributed by atoms with Gasteiger partial charge in [0.15, 0.2) is 34.7 Å². The van der Waals surface area contributed by atoms with Crippen LogP contribution in [0.4, 0.5) is 0 Å². The molecule has 9 fully saturated rings. The van der Waals surface area contributed by atoms with E-state index in [4.69, 9.17) is 0 Å². The van der Waals surface area contributed by atoms with E-state index in [2.05, 4.69) is 20.8 Å². The number of ketones is 6. The fourth-order valence-corrected chi connectivity index (χ4v) is 25.1. The number of fused-ring (bicyclic) bond motifs is 15. The standard InChI is InChI=1S/C63H86O15/c1-53-17-13-35(67)21-32(53)8-11-42-40-15-19-60(77,50(74)30-65)55(40,3)27-47(71)62(42,53)46-25-37(69)23-34-9-12-43-41-16-20-61(78,51(75)31-66)56(41,4)28-48(72)63(43,58(34,46)6)45-24-36(68)22-33-7-10-38-39-14-18-59(76,49(73)29-64)54(39,2)26-44(70)52(38)57(33,45)5/h21-23,38-48,52,64-66,70-72,76-78H,7-20,24-31H2,1-6H3/t38-,39-,40-,41-,42-,43-,44-,45?,46?,47-,48-,52+,53-,54-,55-,56-,57+,58+,59-,60-,61-,62-,63-/m0/s1. The molecule has 12 rings (SSSR count). The van der Waals surface area contributed by atoms with E-state index >= 15 is 9.59 Å². The van der Waals surface area contributed by atoms with Crippen LogP contribution >= 0.6 is 0 Å². The van der Waals surface area contributed by atoms with Crippen LogP contribution in [0.1, 0.15) is 164 Å². The molecule has 78 heavy (non-hydrogen) atoms. The third-order valence-corrected chi connectivity index (χ3v) is 28.2. The van der Waals surface area contributed by atoms with Crippen LogP contribution in [0.2, 0.25) is 0 Å². The Hall–Kier alpha value is -3.12. The van der Waals surface area contributed by atoms with Crippen LogP contribution in [0.3, 0.4) is 0 Å². The number of hydrogen-bond acceptors (Lipinski definition) is 15. The Morgan fingerprint density at radius 3 is 1.46 bits per heavy atom. The summed E-state index contributed by atoms with van der Waals surface area (Å²) in [4.78, 5) is 85.7. The van der Waals surface area contributed by atoms with Crippen LogP contribution in [0.25, 0.3) is 0 Å². The molecule has 0 aromatic rings. The van der Waals surface area contributed by atoms with Gasteiger partial charge < -0.3 is 46.0 Å². The summed E-state index contributed by atoms with van der Waals surface area (Å²) in [5.74, 6) is -7.03. The minimum Gasteiger partial charge on any atom is -0.393 e. The van der Waals surface area contributed by atoms with Gasteiger partial charge in [-0.2, -0.15) is 0 Å². The zero-order chi connectivity index (χ0) is 56.3. The molecule has 0 bridgehead atoms. The first kappa shape index (κ1) is 55.4. The van der Waals surface area contributed by atoms with Crippen LogP contribution in [0.5, 0.6) is 0 Å². The van der Waals surface area contributed by atoms with Crippen LogP contribution in [-0.2, 0) is 28.8 Å². The van der Waals surface area contributed by atoms with Gasteiger partial charge in [0.05, 0.1) is 18.3 Å². The topological polar surface area (TPSA) is 284 Å². The summed E-state index contributed by atoms with van der Waals surface area (Å²) in [6.07, 6.45) is 5.80. The van der Waals surface area contributed by atoms with Crippen molar-refractivity contribution in [2.24, 2.45) is 96.6 Å². The molecule has 0 spiro atoms. The van der Waals surface area contributed by atoms with E-state index < -0.39 is 157 Å². The van der Waals surface area contributed by atoms with Crippen molar-refractivity contribution in [1.29, 1.82) is 0 Å². The Morgan fingerprint density at radius 1 is 0.487 bits per heavy atom. The first-order valence-corrected chi connectivity index (χ1v) is 29.9. The van der Waals surface area contributed by atoms with E-state index in [1.807, 2.05) is 20.8 Å². The Balaban J connectivity index is 1.14. The largest absolute Gasteiger partial charge is 0.393 e. The Bertz CT molecular complexity index is 2780. The van der Waals surface area contributed by atoms with E-state index in [1.54, 1.807) is 18.2 Å². The van der Waals surface area contributed by atoms with E-state index in [1.165, 1.54) is 0 Å². The van der Waals surface area contributed by atoms with Crippen LogP contribution < -0.4 is 0 Å². The lowest BCUT2D eigenvalue weighted by Crippen LogP contribution is -2.78. The fraction of sp³-hybridized carbons (Fsp3) is 0.810. The average molecular weight is 1080 g/mol. The van der Waals surface area contributed by atoms with Crippen molar-refractivity contribution in [3.05, 3.63) is 34.9 Å². The summed E-state index contributed by atoms with van der Waals surface area (Å²) in [6, 6.07) is 0. The summed E-state index contributed by atoms with van der Waals surface area (Å²) < 4.78 is 0. The highest BCUT2D eigenvalue weighted by atomic mass is 16.3. The molecule has 0 saturated heterocycles. The Kier molecular flexibility index (Phi) is 12.2. The molecule has 9 N–H and O–H groups in total. The minimum absolute atomic E-state index is 0.0278. The number of hydrogen-bond donors (Lipinski definition) is 9. The second-order valence-electron chi connectivity index (χ2n) is 29.3. The number of aliphatic hydroxyl groups is 9. The molecule has 0 radical (unpaired) electrons. The number of allylic oxidation sites excluding steroid dienone is 3. The van der Waals surface area contributed by atoms with E-state index in [0.717, 1.165) is 16.7 Å². The summed E-state index contributed by atoms with van der Waals surface area (Å²) in [5, 5.41) is 111. The van der Waals surface area contributed by atoms with E-state index in [0.29, 0.717) is 64.2 Å². The molecule has 0 heterocycles. The molecule has 12 aliphatic carbocycles. The van der Waals surface area contributed by atoms with Crippen molar-refractivity contribution in [3.63, 3.8) is 0 Å². The third-order valence-electron chi connectivity index (χ3n) is 28.2. The lowest BCUT2D eigenvalue weighted by Gasteiger charge is -2.79. The number of carbonyl (C=O) groups is 6. The van der Waals surface area contributed by atoms with Gasteiger partial charge in [-0.25, -0.2) is 0 Å². The molecule has 15 nitrogen and oxygen atoms in total. The number of aliphatic hydroxyl groups excluding tert-OH is 6. The van der Waals surface area contributed by atoms with Gasteiger partial charge in [-0.15, -0.1) is 0 Å². The summed E-state index contributed by atoms with van der Waals surface area (Å²) in [5.41, 5.74) is -12.9. The lowest BCUT2D eigenvalue weighted by molar-refractivity contribution is -0.312. The molecule has 9 saturated carbocycles. The molecule has 0 aromatic heterocycles. The minimum atomic E-state index is -2.01. The highest BCUT2D eigenvalue weighted by Crippen LogP contribution is 2.85. The molecule has 2 unspecified atom stereocenters. The zero-order valence-electron chi connectivity index (χ0n) is 46.7. The molecule has 0 aromatic carbocycles. The van der Waals surface area contributed by atoms with Crippen molar-refractivity contribution in [2.45, 2.75) is 199 Å². The highest BCUT2D eigenvalue weighted by Gasteiger charge is 2.84. The van der Waals surface area contributed by atoms with Crippen LogP contribution in [-0.4, -0.2) is 136 Å². The van der Waals surface area contributed by atoms with Gasteiger partial charge in [-0.1, -0.05) is 58.3 Å². The number of rotatable bonds is 8. The zero-order valence-corrected chi connectivity index (χ0v) is 46.7. The number of carbonyl (C=O) groups excluding carboxylic acids is 6. The Labute approximate surface area is 457 Å². The number of Topliss-reactive ketones (excluding diaryl/α,β-unsaturated/α-hetero) is 3. The normalized spacial score (nSPS) is 54.8. The molecule has 15 heteroatoms. The second-order valence-corrected chi connectivity index (χ2v) is 29.3. The summed E-state index contributed by atoms with van der Waals surface area (Å²) in [6.45, 7) is 9.38. The SMILES string of the molecule is C[C@]12CCC(=O)C=C1CC[C@H]1[C@@H]3CC[C@](O)(C(=O)CO)[C@@]3(C)C[C@H](O)[C@@]12C1CC(=O)C=C2CC[C@H]3[C@@H]4CC[C@](O)(C(=O)CO)[C@@]4(C)C[C@H](O)[C@]3(C3CC(=O)C=C4CC[C@@H]5[C@H]([C@@H](O)C[C@@]6(C)[C@H]5CC[C@]6(O)C(=O)CO)[C@]43C)[C@]21C. The van der Waals surface area contributed by atoms with Crippen LogP contribution in [0.15, 0.2) is 34.9 Å². The van der Waals surface area contributed by atoms with Gasteiger partial charge in [0.25, 0.3) is 0 Å². The molecular formula is C63H86O15. The molecule has 0 aliphatic heterocycles. The second kappa shape index (κ2) is 17.2. The highest BCUT2D eigenvalue weighted by molar-refractivity contribution is 5.95. The van der Waals surface area contributed by atoms with Crippen molar-refractivity contribution in [3.8, 4) is 0 Å². The third kappa shape index (κ3) is 6.03. The predicted octanol–water partition coefficient (Wildman–Crippen LogP) is 4.56. The van der Waals surface area contributed by atoms with E-state index in [9.17, 15) is 65.1 Å². The van der Waals surface area contributed by atoms with Gasteiger partial charge >= 0.3 is 0 Å². The maximum Gasteiger partial charge on any atom is 0.190 e. The van der Waals surface area contributed by atoms with Gasteiger partial charge in [-0.05, 0) is 185 Å². The first-order chi connectivity index (χ1) is 36.5. The Morgan fingerprint density at radius 2 is 0.923 bits per heavy atom. The predicted molar refractivity (Wildman–Crippen MR) is 281 cm³/mol. The van der Waals surface area contributed by atoms with Gasteiger partial charge in [-0.3, -0.25) is 28.8 Å². The maximum atomic E-state index is 15.3. The maximum absolute atomic E-state index is 15.3. The van der Waals surface area contributed by atoms with Gasteiger partial charge in [0.1, 0.15) is 36.6 Å². The molecular weight excluding hydrogens is 997 g/mol. The van der Waals surface area contributed by atoms with Crippen molar-refractivity contribution in [2.75, 3.05) is 19.8 Å². The van der Waals surface area contributed by atoms with Gasteiger partial charge in [0.2, 0.25) is 0 Å². The monoisotopic (exact) mass is 1080 g/mol. The molecule has 0 amide bonds. The molecule has 12 aliphatic rings. The summed E-state index contributed by atoms with van der Waals surface area (Å²) in [7, 11) is 0. The smallest absolute Gasteiger partial charge is 0.190 e. The van der Waals surface area contributed by atoms with Crippen molar-refractivity contribution in [1.82, 2.24) is 0 Å². The van der Waals surface area contributed by atoms with Gasteiger partial charge in [0, 0.05) is 51.8 Å². The fourth-order valence-electron chi connectivity index (χ4n) is 25.1. The van der Waals surface area contributed by atoms with E-state index in [-0.39, 0.29) is 87.0 Å². The average Bonchev–Trinajstić information content (AvgIpc) is 1.61. The van der Waals surface area contributed by atoms with Crippen molar-refractivity contribution < 1.29 is 74.7 Å². The first-order valence-electron chi connectivity index (χ1n) is 29.9.